The molecule has 0 aromatic carbocycles. The summed E-state index contributed by atoms with van der Waals surface area (Å²) in [6.45, 7) is 2.13. The molecule has 82 valence electrons. The molecular formula is C11H12N4O. The third kappa shape index (κ3) is 2.66. The van der Waals surface area contributed by atoms with Crippen molar-refractivity contribution in [3.05, 3.63) is 42.4 Å². The zero-order valence-electron chi connectivity index (χ0n) is 8.92. The van der Waals surface area contributed by atoms with Crippen LogP contribution in [0, 0.1) is 0 Å². The molecule has 0 radical (unpaired) electrons. The van der Waals surface area contributed by atoms with Gasteiger partial charge in [-0.25, -0.2) is 0 Å². The van der Waals surface area contributed by atoms with E-state index in [9.17, 15) is 4.79 Å². The van der Waals surface area contributed by atoms with Gasteiger partial charge < -0.3 is 5.32 Å². The molecule has 0 fully saturated rings. The van der Waals surface area contributed by atoms with Crippen LogP contribution < -0.4 is 5.32 Å². The van der Waals surface area contributed by atoms with Crippen molar-refractivity contribution in [1.82, 2.24) is 14.8 Å². The number of hydrogen-bond acceptors (Lipinski definition) is 3. The van der Waals surface area contributed by atoms with Gasteiger partial charge in [-0.3, -0.25) is 14.5 Å². The lowest BCUT2D eigenvalue weighted by Crippen LogP contribution is -2.07. The quantitative estimate of drug-likeness (QED) is 0.840. The molecule has 0 spiro atoms. The lowest BCUT2D eigenvalue weighted by atomic mass is 10.3. The van der Waals surface area contributed by atoms with Gasteiger partial charge in [0, 0.05) is 31.6 Å². The lowest BCUT2D eigenvalue weighted by Gasteiger charge is -2.00. The standard InChI is InChI=1S/C11H12N4O/c1-9(16)13-11-4-7-15(14-11)8-10-2-5-12-6-3-10/h2-7H,8H2,1H3,(H,13,14,16). The van der Waals surface area contributed by atoms with Gasteiger partial charge in [0.05, 0.1) is 6.54 Å². The Bertz CT molecular complexity index is 478. The topological polar surface area (TPSA) is 59.8 Å². The summed E-state index contributed by atoms with van der Waals surface area (Å²) in [5.41, 5.74) is 1.12. The predicted octanol–water partition coefficient (Wildman–Crippen LogP) is 1.28. The van der Waals surface area contributed by atoms with E-state index in [1.54, 1.807) is 23.1 Å². The highest BCUT2D eigenvalue weighted by atomic mass is 16.1. The molecular weight excluding hydrogens is 204 g/mol. The molecule has 2 aromatic heterocycles. The van der Waals surface area contributed by atoms with E-state index in [4.69, 9.17) is 0 Å². The normalized spacial score (nSPS) is 10.1. The maximum atomic E-state index is 10.8. The van der Waals surface area contributed by atoms with E-state index in [0.717, 1.165) is 5.56 Å². The van der Waals surface area contributed by atoms with E-state index in [1.165, 1.54) is 6.92 Å². The van der Waals surface area contributed by atoms with Crippen LogP contribution in [0.25, 0.3) is 0 Å². The molecule has 5 heteroatoms. The van der Waals surface area contributed by atoms with E-state index >= 15 is 0 Å². The average molecular weight is 216 g/mol. The van der Waals surface area contributed by atoms with E-state index in [0.29, 0.717) is 12.4 Å². The van der Waals surface area contributed by atoms with Gasteiger partial charge in [0.1, 0.15) is 0 Å². The molecule has 1 amide bonds. The molecule has 0 aliphatic carbocycles. The highest BCUT2D eigenvalue weighted by molar-refractivity contribution is 5.87. The van der Waals surface area contributed by atoms with Crippen LogP contribution in [0.3, 0.4) is 0 Å². The van der Waals surface area contributed by atoms with Crippen LogP contribution in [-0.2, 0) is 11.3 Å². The minimum absolute atomic E-state index is 0.117. The summed E-state index contributed by atoms with van der Waals surface area (Å²) in [6, 6.07) is 5.63. The maximum Gasteiger partial charge on any atom is 0.222 e. The van der Waals surface area contributed by atoms with Crippen molar-refractivity contribution in [2.75, 3.05) is 5.32 Å². The molecule has 0 aliphatic rings. The van der Waals surface area contributed by atoms with Crippen LogP contribution in [0.15, 0.2) is 36.8 Å². The Morgan fingerprint density at radius 1 is 1.38 bits per heavy atom. The first-order chi connectivity index (χ1) is 7.74. The molecule has 2 rings (SSSR count). The number of rotatable bonds is 3. The highest BCUT2D eigenvalue weighted by Gasteiger charge is 2.00. The molecule has 0 aliphatic heterocycles. The van der Waals surface area contributed by atoms with Gasteiger partial charge in [-0.05, 0) is 17.7 Å². The molecule has 0 saturated heterocycles. The first kappa shape index (κ1) is 10.4. The lowest BCUT2D eigenvalue weighted by molar-refractivity contribution is -0.114. The van der Waals surface area contributed by atoms with Crippen LogP contribution in [0.5, 0.6) is 0 Å². The number of aromatic nitrogens is 3. The number of pyridine rings is 1. The van der Waals surface area contributed by atoms with Gasteiger partial charge in [0.2, 0.25) is 5.91 Å². The number of nitrogens with zero attached hydrogens (tertiary/aromatic N) is 3. The summed E-state index contributed by atoms with van der Waals surface area (Å²) in [6.07, 6.45) is 5.31. The zero-order valence-corrected chi connectivity index (χ0v) is 8.92. The van der Waals surface area contributed by atoms with Gasteiger partial charge in [-0.1, -0.05) is 0 Å². The maximum absolute atomic E-state index is 10.8. The monoisotopic (exact) mass is 216 g/mol. The number of carbonyl (C=O) groups excluding carboxylic acids is 1. The summed E-state index contributed by atoms with van der Waals surface area (Å²) in [5.74, 6) is 0.454. The molecule has 1 N–H and O–H groups in total. The number of hydrogen-bond donors (Lipinski definition) is 1. The fourth-order valence-electron chi connectivity index (χ4n) is 1.37. The summed E-state index contributed by atoms with van der Waals surface area (Å²) < 4.78 is 1.76. The molecule has 5 nitrogen and oxygen atoms in total. The molecule has 2 heterocycles. The van der Waals surface area contributed by atoms with Gasteiger partial charge >= 0.3 is 0 Å². The Morgan fingerprint density at radius 2 is 2.12 bits per heavy atom. The van der Waals surface area contributed by atoms with E-state index < -0.39 is 0 Å². The second-order valence-corrected chi connectivity index (χ2v) is 3.44. The van der Waals surface area contributed by atoms with Crippen LogP contribution >= 0.6 is 0 Å². The number of amides is 1. The zero-order chi connectivity index (χ0) is 11.4. The van der Waals surface area contributed by atoms with Crippen molar-refractivity contribution in [3.63, 3.8) is 0 Å². The van der Waals surface area contributed by atoms with Crippen molar-refractivity contribution >= 4 is 11.7 Å². The Labute approximate surface area is 93.1 Å². The van der Waals surface area contributed by atoms with Crippen LogP contribution in [0.2, 0.25) is 0 Å². The van der Waals surface area contributed by atoms with Crippen molar-refractivity contribution in [2.45, 2.75) is 13.5 Å². The second-order valence-electron chi connectivity index (χ2n) is 3.44. The van der Waals surface area contributed by atoms with Crippen LogP contribution in [-0.4, -0.2) is 20.7 Å². The number of anilines is 1. The van der Waals surface area contributed by atoms with E-state index in [2.05, 4.69) is 15.4 Å². The first-order valence-corrected chi connectivity index (χ1v) is 4.94. The van der Waals surface area contributed by atoms with E-state index in [1.807, 2.05) is 18.3 Å². The molecule has 0 unspecified atom stereocenters. The largest absolute Gasteiger partial charge is 0.309 e. The number of carbonyl (C=O) groups is 1. The Kier molecular flexibility index (Phi) is 2.95. The first-order valence-electron chi connectivity index (χ1n) is 4.94. The smallest absolute Gasteiger partial charge is 0.222 e. The molecule has 0 atom stereocenters. The minimum atomic E-state index is -0.117. The Balaban J connectivity index is 2.06. The third-order valence-electron chi connectivity index (χ3n) is 2.04. The summed E-state index contributed by atoms with van der Waals surface area (Å²) in [7, 11) is 0. The summed E-state index contributed by atoms with van der Waals surface area (Å²) >= 11 is 0. The fraction of sp³-hybridized carbons (Fsp3) is 0.182. The van der Waals surface area contributed by atoms with Gasteiger partial charge in [0.15, 0.2) is 5.82 Å². The van der Waals surface area contributed by atoms with E-state index in [-0.39, 0.29) is 5.91 Å². The van der Waals surface area contributed by atoms with Crippen molar-refractivity contribution in [1.29, 1.82) is 0 Å². The molecule has 16 heavy (non-hydrogen) atoms. The van der Waals surface area contributed by atoms with Gasteiger partial charge in [-0.15, -0.1) is 0 Å². The molecule has 0 saturated carbocycles. The minimum Gasteiger partial charge on any atom is -0.309 e. The SMILES string of the molecule is CC(=O)Nc1ccn(Cc2ccncc2)n1. The summed E-state index contributed by atoms with van der Waals surface area (Å²) in [4.78, 5) is 14.8. The third-order valence-corrected chi connectivity index (χ3v) is 2.04. The Hall–Kier alpha value is -2.17. The highest BCUT2D eigenvalue weighted by Crippen LogP contribution is 2.05. The van der Waals surface area contributed by atoms with Crippen LogP contribution in [0.4, 0.5) is 5.82 Å². The predicted molar refractivity (Wildman–Crippen MR) is 59.9 cm³/mol. The van der Waals surface area contributed by atoms with Crippen molar-refractivity contribution < 1.29 is 4.79 Å². The van der Waals surface area contributed by atoms with Crippen molar-refractivity contribution in [3.8, 4) is 0 Å². The van der Waals surface area contributed by atoms with Gasteiger partial charge in [-0.2, -0.15) is 5.10 Å². The molecule has 0 bridgehead atoms. The molecule has 2 aromatic rings. The Morgan fingerprint density at radius 3 is 2.81 bits per heavy atom. The summed E-state index contributed by atoms with van der Waals surface area (Å²) in [5, 5.41) is 6.84. The van der Waals surface area contributed by atoms with Gasteiger partial charge in [0.25, 0.3) is 0 Å². The second kappa shape index (κ2) is 4.57. The number of nitrogens with one attached hydrogen (secondary N) is 1. The van der Waals surface area contributed by atoms with Crippen LogP contribution in [0.1, 0.15) is 12.5 Å². The fourth-order valence-corrected chi connectivity index (χ4v) is 1.37. The average Bonchev–Trinajstić information content (AvgIpc) is 2.66. The van der Waals surface area contributed by atoms with Crippen molar-refractivity contribution in [2.24, 2.45) is 0 Å².